The molecule has 112 valence electrons. The van der Waals surface area contributed by atoms with Gasteiger partial charge in [-0.3, -0.25) is 0 Å². The van der Waals surface area contributed by atoms with Crippen molar-refractivity contribution in [3.8, 4) is 0 Å². The number of carbonyl (C=O) groups excluding carboxylic acids is 1. The number of esters is 1. The smallest absolute Gasteiger partial charge is 0.355 e. The average Bonchev–Trinajstić information content (AvgIpc) is 2.79. The first-order chi connectivity index (χ1) is 10.0. The highest BCUT2D eigenvalue weighted by molar-refractivity contribution is 5.89. The maximum atomic E-state index is 13.5. The van der Waals surface area contributed by atoms with E-state index in [0.717, 1.165) is 18.6 Å². The van der Waals surface area contributed by atoms with Crippen LogP contribution in [0, 0.1) is 11.6 Å². The molecule has 0 spiro atoms. The minimum atomic E-state index is -0.744. The Kier molecular flexibility index (Phi) is 4.57. The third kappa shape index (κ3) is 3.39. The molecule has 0 fully saturated rings. The maximum absolute atomic E-state index is 13.5. The normalized spacial score (nSPS) is 10.6. The number of hydrogen-bond donors (Lipinski definition) is 1. The number of anilines is 1. The lowest BCUT2D eigenvalue weighted by Gasteiger charge is -2.09. The molecule has 2 rings (SSSR count). The van der Waals surface area contributed by atoms with Gasteiger partial charge in [0, 0.05) is 12.7 Å². The molecule has 0 aliphatic carbocycles. The molecule has 0 aliphatic rings. The Balaban J connectivity index is 2.12. The van der Waals surface area contributed by atoms with Gasteiger partial charge in [-0.2, -0.15) is 0 Å². The number of nitrogens with zero attached hydrogens (tertiary/aromatic N) is 1. The van der Waals surface area contributed by atoms with Crippen molar-refractivity contribution in [1.29, 1.82) is 0 Å². The lowest BCUT2D eigenvalue weighted by molar-refractivity contribution is 0.0452. The highest BCUT2D eigenvalue weighted by Gasteiger charge is 2.16. The topological polar surface area (TPSA) is 57.2 Å². The van der Waals surface area contributed by atoms with Crippen LogP contribution in [0.2, 0.25) is 0 Å². The van der Waals surface area contributed by atoms with Gasteiger partial charge in [-0.05, 0) is 24.6 Å². The Bertz CT molecular complexity index is 633. The van der Waals surface area contributed by atoms with E-state index in [4.69, 9.17) is 10.5 Å². The predicted molar refractivity (Wildman–Crippen MR) is 74.6 cm³/mol. The summed E-state index contributed by atoms with van der Waals surface area (Å²) in [5, 5.41) is 0. The number of nitrogens with two attached hydrogens (primary N) is 1. The Morgan fingerprint density at radius 2 is 2.00 bits per heavy atom. The second-order valence-corrected chi connectivity index (χ2v) is 4.63. The fourth-order valence-corrected chi connectivity index (χ4v) is 2.01. The summed E-state index contributed by atoms with van der Waals surface area (Å²) in [5.74, 6) is -2.15. The summed E-state index contributed by atoms with van der Waals surface area (Å²) in [6.45, 7) is 2.10. The maximum Gasteiger partial charge on any atom is 0.355 e. The summed E-state index contributed by atoms with van der Waals surface area (Å²) >= 11 is 0. The van der Waals surface area contributed by atoms with Crippen LogP contribution in [-0.4, -0.2) is 10.5 Å². The molecule has 0 saturated carbocycles. The lowest BCUT2D eigenvalue weighted by atomic mass is 10.2. The van der Waals surface area contributed by atoms with Crippen molar-refractivity contribution in [1.82, 2.24) is 4.57 Å². The molecule has 2 aromatic rings. The summed E-state index contributed by atoms with van der Waals surface area (Å²) in [6.07, 6.45) is 2.44. The molecular formula is C15H16F2N2O2. The molecule has 0 radical (unpaired) electrons. The van der Waals surface area contributed by atoms with Crippen molar-refractivity contribution in [3.05, 3.63) is 53.4 Å². The minimum absolute atomic E-state index is 0.270. The Hall–Kier alpha value is -2.37. The predicted octanol–water partition coefficient (Wildman–Crippen LogP) is 3.12. The van der Waals surface area contributed by atoms with Gasteiger partial charge in [-0.15, -0.1) is 0 Å². The molecule has 1 aromatic carbocycles. The van der Waals surface area contributed by atoms with Gasteiger partial charge in [0.25, 0.3) is 0 Å². The van der Waals surface area contributed by atoms with E-state index in [1.807, 2.05) is 6.92 Å². The summed E-state index contributed by atoms with van der Waals surface area (Å²) in [4.78, 5) is 12.0. The molecule has 0 bridgehead atoms. The second kappa shape index (κ2) is 6.39. The van der Waals surface area contributed by atoms with Gasteiger partial charge in [-0.1, -0.05) is 13.0 Å². The van der Waals surface area contributed by atoms with Crippen LogP contribution in [-0.2, 0) is 17.9 Å². The van der Waals surface area contributed by atoms with Crippen LogP contribution < -0.4 is 5.73 Å². The quantitative estimate of drug-likeness (QED) is 0.862. The highest BCUT2D eigenvalue weighted by Crippen LogP contribution is 2.16. The van der Waals surface area contributed by atoms with Gasteiger partial charge in [0.1, 0.15) is 23.9 Å². The minimum Gasteiger partial charge on any atom is -0.456 e. The van der Waals surface area contributed by atoms with Crippen molar-refractivity contribution < 1.29 is 18.3 Å². The summed E-state index contributed by atoms with van der Waals surface area (Å²) in [5.41, 5.74) is 6.09. The molecule has 2 N–H and O–H groups in total. The number of halogens is 2. The Labute approximate surface area is 121 Å². The van der Waals surface area contributed by atoms with Crippen molar-refractivity contribution in [2.45, 2.75) is 26.5 Å². The highest BCUT2D eigenvalue weighted by atomic mass is 19.1. The first kappa shape index (κ1) is 15.0. The van der Waals surface area contributed by atoms with Crippen LogP contribution >= 0.6 is 0 Å². The third-order valence-electron chi connectivity index (χ3n) is 3.00. The first-order valence-corrected chi connectivity index (χ1v) is 6.58. The van der Waals surface area contributed by atoms with Crippen LogP contribution in [0.15, 0.2) is 30.5 Å². The molecule has 0 amide bonds. The molecular weight excluding hydrogens is 278 g/mol. The molecule has 1 aromatic heterocycles. The summed E-state index contributed by atoms with van der Waals surface area (Å²) < 4.78 is 33.5. The molecule has 1 heterocycles. The van der Waals surface area contributed by atoms with Gasteiger partial charge in [-0.25, -0.2) is 13.6 Å². The molecule has 21 heavy (non-hydrogen) atoms. The van der Waals surface area contributed by atoms with Crippen LogP contribution in [0.25, 0.3) is 0 Å². The van der Waals surface area contributed by atoms with Gasteiger partial charge in [0.2, 0.25) is 0 Å². The third-order valence-corrected chi connectivity index (χ3v) is 3.00. The van der Waals surface area contributed by atoms with E-state index in [-0.39, 0.29) is 11.3 Å². The largest absolute Gasteiger partial charge is 0.456 e. The summed E-state index contributed by atoms with van der Waals surface area (Å²) in [6, 6.07) is 4.97. The summed E-state index contributed by atoms with van der Waals surface area (Å²) in [7, 11) is 0. The van der Waals surface area contributed by atoms with Gasteiger partial charge >= 0.3 is 5.97 Å². The van der Waals surface area contributed by atoms with Crippen LogP contribution in [0.1, 0.15) is 29.4 Å². The average molecular weight is 294 g/mol. The van der Waals surface area contributed by atoms with E-state index in [0.29, 0.717) is 12.2 Å². The van der Waals surface area contributed by atoms with Crippen molar-refractivity contribution in [2.75, 3.05) is 5.73 Å². The zero-order valence-corrected chi connectivity index (χ0v) is 11.6. The SMILES string of the molecule is CCCn1cc(N)cc1C(=O)OCc1c(F)cccc1F. The zero-order chi connectivity index (χ0) is 15.4. The fourth-order valence-electron chi connectivity index (χ4n) is 2.01. The monoisotopic (exact) mass is 294 g/mol. The number of carbonyl (C=O) groups is 1. The molecule has 0 saturated heterocycles. The first-order valence-electron chi connectivity index (χ1n) is 6.58. The fraction of sp³-hybridized carbons (Fsp3) is 0.267. The van der Waals surface area contributed by atoms with Crippen LogP contribution in [0.4, 0.5) is 14.5 Å². The molecule has 0 unspecified atom stereocenters. The number of hydrogen-bond acceptors (Lipinski definition) is 3. The van der Waals surface area contributed by atoms with E-state index in [1.54, 1.807) is 10.8 Å². The van der Waals surface area contributed by atoms with Gasteiger partial charge in [0.05, 0.1) is 11.3 Å². The lowest BCUT2D eigenvalue weighted by Crippen LogP contribution is -2.12. The van der Waals surface area contributed by atoms with Gasteiger partial charge < -0.3 is 15.0 Å². The zero-order valence-electron chi connectivity index (χ0n) is 11.6. The second-order valence-electron chi connectivity index (χ2n) is 4.63. The van der Waals surface area contributed by atoms with E-state index in [9.17, 15) is 13.6 Å². The van der Waals surface area contributed by atoms with E-state index in [2.05, 4.69) is 0 Å². The van der Waals surface area contributed by atoms with Crippen molar-refractivity contribution >= 4 is 11.7 Å². The standard InChI is InChI=1S/C15H16F2N2O2/c1-2-6-19-8-10(18)7-14(19)15(20)21-9-11-12(16)4-3-5-13(11)17/h3-5,7-8H,2,6,9,18H2,1H3. The van der Waals surface area contributed by atoms with Crippen LogP contribution in [0.5, 0.6) is 0 Å². The Morgan fingerprint density at radius 1 is 1.33 bits per heavy atom. The molecule has 0 aliphatic heterocycles. The van der Waals surface area contributed by atoms with Crippen LogP contribution in [0.3, 0.4) is 0 Å². The number of aromatic nitrogens is 1. The Morgan fingerprint density at radius 3 is 2.62 bits per heavy atom. The number of rotatable bonds is 5. The molecule has 6 heteroatoms. The number of aryl methyl sites for hydroxylation is 1. The van der Waals surface area contributed by atoms with Gasteiger partial charge in [0.15, 0.2) is 0 Å². The van der Waals surface area contributed by atoms with E-state index < -0.39 is 24.2 Å². The number of benzene rings is 1. The molecule has 4 nitrogen and oxygen atoms in total. The van der Waals surface area contributed by atoms with Crippen molar-refractivity contribution in [3.63, 3.8) is 0 Å². The van der Waals surface area contributed by atoms with Crippen molar-refractivity contribution in [2.24, 2.45) is 0 Å². The number of ether oxygens (including phenoxy) is 1. The molecule has 0 atom stereocenters. The van der Waals surface area contributed by atoms with E-state index >= 15 is 0 Å². The number of nitrogen functional groups attached to an aromatic ring is 1. The van der Waals surface area contributed by atoms with E-state index in [1.165, 1.54) is 12.1 Å².